The molecule has 0 saturated carbocycles. The van der Waals surface area contributed by atoms with Gasteiger partial charge >= 0.3 is 0 Å². The predicted octanol–water partition coefficient (Wildman–Crippen LogP) is 2.77. The summed E-state index contributed by atoms with van der Waals surface area (Å²) >= 11 is 0. The van der Waals surface area contributed by atoms with Gasteiger partial charge in [0.05, 0.1) is 6.04 Å². The molecule has 0 bridgehead atoms. The fraction of sp³-hybridized carbons (Fsp3) is 0.533. The molecule has 0 aliphatic rings. The first-order valence-electron chi connectivity index (χ1n) is 6.73. The molecule has 0 saturated heterocycles. The van der Waals surface area contributed by atoms with E-state index in [2.05, 4.69) is 24.4 Å². The van der Waals surface area contributed by atoms with Crippen LogP contribution in [0.1, 0.15) is 51.1 Å². The van der Waals surface area contributed by atoms with Gasteiger partial charge in [-0.3, -0.25) is 4.79 Å². The van der Waals surface area contributed by atoms with Crippen LogP contribution in [0.25, 0.3) is 0 Å². The molecule has 100 valence electrons. The molecule has 0 aliphatic carbocycles. The van der Waals surface area contributed by atoms with Crippen LogP contribution in [0.3, 0.4) is 0 Å². The van der Waals surface area contributed by atoms with Gasteiger partial charge in [-0.25, -0.2) is 0 Å². The number of carbonyl (C=O) groups excluding carboxylic acids is 1. The van der Waals surface area contributed by atoms with Gasteiger partial charge in [-0.2, -0.15) is 0 Å². The number of hydrogen-bond acceptors (Lipinski definition) is 2. The third-order valence-electron chi connectivity index (χ3n) is 2.94. The lowest BCUT2D eigenvalue weighted by atomic mass is 10.0. The normalized spacial score (nSPS) is 13.9. The number of nitrogens with two attached hydrogens (primary N) is 1. The summed E-state index contributed by atoms with van der Waals surface area (Å²) in [4.78, 5) is 11.8. The highest BCUT2D eigenvalue weighted by molar-refractivity contribution is 5.76. The number of hydrogen-bond donors (Lipinski definition) is 2. The van der Waals surface area contributed by atoms with E-state index in [1.807, 2.05) is 25.1 Å². The summed E-state index contributed by atoms with van der Waals surface area (Å²) in [6.45, 7) is 4.05. The fourth-order valence-corrected chi connectivity index (χ4v) is 1.92. The number of amides is 1. The molecule has 1 rings (SSSR count). The second-order valence-corrected chi connectivity index (χ2v) is 4.84. The molecule has 3 N–H and O–H groups in total. The van der Waals surface area contributed by atoms with E-state index in [0.29, 0.717) is 6.42 Å². The predicted molar refractivity (Wildman–Crippen MR) is 75.1 cm³/mol. The summed E-state index contributed by atoms with van der Waals surface area (Å²) in [5, 5.41) is 3.10. The number of benzene rings is 1. The van der Waals surface area contributed by atoms with E-state index in [1.165, 1.54) is 5.56 Å². The van der Waals surface area contributed by atoms with E-state index < -0.39 is 0 Å². The van der Waals surface area contributed by atoms with Crippen molar-refractivity contribution in [3.05, 3.63) is 35.9 Å². The smallest absolute Gasteiger partial charge is 0.220 e. The summed E-state index contributed by atoms with van der Waals surface area (Å²) in [7, 11) is 0. The van der Waals surface area contributed by atoms with Crippen molar-refractivity contribution >= 4 is 5.91 Å². The molecule has 0 radical (unpaired) electrons. The molecule has 3 nitrogen and oxygen atoms in total. The Morgan fingerprint density at radius 1 is 1.28 bits per heavy atom. The Morgan fingerprint density at radius 3 is 2.50 bits per heavy atom. The maximum Gasteiger partial charge on any atom is 0.220 e. The molecule has 18 heavy (non-hydrogen) atoms. The highest BCUT2D eigenvalue weighted by Crippen LogP contribution is 2.18. The fourth-order valence-electron chi connectivity index (χ4n) is 1.92. The number of carbonyl (C=O) groups is 1. The summed E-state index contributed by atoms with van der Waals surface area (Å²) < 4.78 is 0. The van der Waals surface area contributed by atoms with Gasteiger partial charge in [-0.1, -0.05) is 43.7 Å². The van der Waals surface area contributed by atoms with Crippen molar-refractivity contribution in [3.63, 3.8) is 0 Å². The molecule has 0 fully saturated rings. The largest absolute Gasteiger partial charge is 0.349 e. The van der Waals surface area contributed by atoms with Crippen LogP contribution >= 0.6 is 0 Å². The minimum Gasteiger partial charge on any atom is -0.349 e. The average molecular weight is 248 g/mol. The van der Waals surface area contributed by atoms with E-state index >= 15 is 0 Å². The molecule has 0 aromatic heterocycles. The van der Waals surface area contributed by atoms with Gasteiger partial charge in [0.25, 0.3) is 0 Å². The van der Waals surface area contributed by atoms with Crippen LogP contribution in [0.2, 0.25) is 0 Å². The Kier molecular flexibility index (Phi) is 6.44. The second-order valence-electron chi connectivity index (χ2n) is 4.84. The number of rotatable bonds is 7. The van der Waals surface area contributed by atoms with Crippen LogP contribution in [0.4, 0.5) is 0 Å². The van der Waals surface area contributed by atoms with Crippen LogP contribution < -0.4 is 11.1 Å². The van der Waals surface area contributed by atoms with Gasteiger partial charge in [-0.05, 0) is 25.3 Å². The van der Waals surface area contributed by atoms with Crippen molar-refractivity contribution in [1.82, 2.24) is 5.32 Å². The zero-order valence-corrected chi connectivity index (χ0v) is 11.4. The van der Waals surface area contributed by atoms with Gasteiger partial charge in [0, 0.05) is 12.5 Å². The van der Waals surface area contributed by atoms with Crippen molar-refractivity contribution < 1.29 is 4.79 Å². The molecule has 2 unspecified atom stereocenters. The molecular weight excluding hydrogens is 224 g/mol. The molecule has 0 aliphatic heterocycles. The minimum absolute atomic E-state index is 0.0806. The van der Waals surface area contributed by atoms with Crippen molar-refractivity contribution in [2.75, 3.05) is 0 Å². The summed E-state index contributed by atoms with van der Waals surface area (Å²) in [6.07, 6.45) is 3.26. The summed E-state index contributed by atoms with van der Waals surface area (Å²) in [5.41, 5.74) is 6.84. The third-order valence-corrected chi connectivity index (χ3v) is 2.94. The Labute approximate surface area is 110 Å². The lowest BCUT2D eigenvalue weighted by Gasteiger charge is -2.19. The standard InChI is InChI=1S/C15H24N2O/c1-3-7-14(13-8-5-4-6-9-13)17-15(18)11-10-12(2)16/h4-6,8-9,12,14H,3,7,10-11,16H2,1-2H3,(H,17,18). The Morgan fingerprint density at radius 2 is 1.94 bits per heavy atom. The van der Waals surface area contributed by atoms with E-state index in [4.69, 9.17) is 5.73 Å². The molecule has 2 atom stereocenters. The van der Waals surface area contributed by atoms with Gasteiger partial charge in [-0.15, -0.1) is 0 Å². The maximum absolute atomic E-state index is 11.8. The van der Waals surface area contributed by atoms with E-state index in [0.717, 1.165) is 19.3 Å². The monoisotopic (exact) mass is 248 g/mol. The first-order valence-corrected chi connectivity index (χ1v) is 6.73. The van der Waals surface area contributed by atoms with Crippen LogP contribution in [-0.4, -0.2) is 11.9 Å². The molecule has 0 heterocycles. The van der Waals surface area contributed by atoms with Crippen molar-refractivity contribution in [3.8, 4) is 0 Å². The maximum atomic E-state index is 11.8. The summed E-state index contributed by atoms with van der Waals surface area (Å²) in [5.74, 6) is 0.0922. The molecule has 1 aromatic rings. The van der Waals surface area contributed by atoms with Crippen molar-refractivity contribution in [2.45, 2.75) is 51.6 Å². The van der Waals surface area contributed by atoms with Crippen LogP contribution in [0.15, 0.2) is 30.3 Å². The van der Waals surface area contributed by atoms with E-state index in [9.17, 15) is 4.79 Å². The first-order chi connectivity index (χ1) is 8.63. The quantitative estimate of drug-likeness (QED) is 0.779. The number of nitrogens with one attached hydrogen (secondary N) is 1. The molecule has 1 aromatic carbocycles. The van der Waals surface area contributed by atoms with Gasteiger partial charge < -0.3 is 11.1 Å². The first kappa shape index (κ1) is 14.7. The van der Waals surface area contributed by atoms with Gasteiger partial charge in [0.2, 0.25) is 5.91 Å². The minimum atomic E-state index is 0.0806. The Balaban J connectivity index is 2.55. The lowest BCUT2D eigenvalue weighted by Crippen LogP contribution is -2.29. The van der Waals surface area contributed by atoms with Gasteiger partial charge in [0.1, 0.15) is 0 Å². The van der Waals surface area contributed by atoms with Crippen LogP contribution in [-0.2, 0) is 4.79 Å². The Hall–Kier alpha value is -1.35. The molecular formula is C15H24N2O. The highest BCUT2D eigenvalue weighted by Gasteiger charge is 2.13. The van der Waals surface area contributed by atoms with E-state index in [-0.39, 0.29) is 18.0 Å². The van der Waals surface area contributed by atoms with E-state index in [1.54, 1.807) is 0 Å². The zero-order chi connectivity index (χ0) is 13.4. The highest BCUT2D eigenvalue weighted by atomic mass is 16.1. The SMILES string of the molecule is CCCC(NC(=O)CCC(C)N)c1ccccc1. The Bertz CT molecular complexity index is 349. The third kappa shape index (κ3) is 5.32. The topological polar surface area (TPSA) is 55.1 Å². The van der Waals surface area contributed by atoms with Crippen molar-refractivity contribution in [2.24, 2.45) is 5.73 Å². The van der Waals surface area contributed by atoms with Crippen LogP contribution in [0.5, 0.6) is 0 Å². The second kappa shape index (κ2) is 7.88. The zero-order valence-electron chi connectivity index (χ0n) is 11.4. The molecule has 3 heteroatoms. The van der Waals surface area contributed by atoms with Crippen LogP contribution in [0, 0.1) is 0 Å². The molecule has 1 amide bonds. The molecule has 0 spiro atoms. The summed E-state index contributed by atoms with van der Waals surface area (Å²) in [6, 6.07) is 10.3. The van der Waals surface area contributed by atoms with Gasteiger partial charge in [0.15, 0.2) is 0 Å². The lowest BCUT2D eigenvalue weighted by molar-refractivity contribution is -0.122. The average Bonchev–Trinajstić information content (AvgIpc) is 2.37. The van der Waals surface area contributed by atoms with Crippen molar-refractivity contribution in [1.29, 1.82) is 0 Å².